The summed E-state index contributed by atoms with van der Waals surface area (Å²) in [6.45, 7) is 8.32. The summed E-state index contributed by atoms with van der Waals surface area (Å²) < 4.78 is 0. The second-order valence-corrected chi connectivity index (χ2v) is 4.21. The maximum Gasteiger partial charge on any atom is 0.187 e. The van der Waals surface area contributed by atoms with Crippen LogP contribution in [-0.4, -0.2) is 15.7 Å². The highest BCUT2D eigenvalue weighted by atomic mass is 32.2. The van der Waals surface area contributed by atoms with Crippen LogP contribution >= 0.6 is 11.8 Å². The van der Waals surface area contributed by atoms with Gasteiger partial charge in [0.1, 0.15) is 0 Å². The van der Waals surface area contributed by atoms with Crippen molar-refractivity contribution >= 4 is 11.8 Å². The van der Waals surface area contributed by atoms with Gasteiger partial charge in [0, 0.05) is 17.1 Å². The van der Waals surface area contributed by atoms with Crippen LogP contribution in [-0.2, 0) is 0 Å². The van der Waals surface area contributed by atoms with Crippen molar-refractivity contribution < 1.29 is 0 Å². The molecule has 1 rings (SSSR count). The fourth-order valence-electron chi connectivity index (χ4n) is 0.999. The molecule has 0 spiro atoms. The quantitative estimate of drug-likeness (QED) is 0.549. The molecular formula is C10H16N2S. The molecule has 1 aromatic rings. The normalized spacial score (nSPS) is 10.5. The van der Waals surface area contributed by atoms with Crippen molar-refractivity contribution in [2.75, 3.05) is 5.75 Å². The minimum absolute atomic E-state index is 0.919. The number of aromatic nitrogens is 2. The molecule has 0 fully saturated rings. The van der Waals surface area contributed by atoms with E-state index in [1.807, 2.05) is 13.8 Å². The van der Waals surface area contributed by atoms with E-state index in [4.69, 9.17) is 0 Å². The van der Waals surface area contributed by atoms with E-state index in [-0.39, 0.29) is 0 Å². The lowest BCUT2D eigenvalue weighted by molar-refractivity contribution is 0.879. The topological polar surface area (TPSA) is 25.8 Å². The molecular weight excluding hydrogens is 180 g/mol. The highest BCUT2D eigenvalue weighted by Crippen LogP contribution is 2.17. The molecule has 0 atom stereocenters. The molecule has 13 heavy (non-hydrogen) atoms. The summed E-state index contributed by atoms with van der Waals surface area (Å²) in [5, 5.41) is 0.919. The van der Waals surface area contributed by atoms with Gasteiger partial charge in [-0.1, -0.05) is 18.7 Å². The largest absolute Gasteiger partial charge is 0.228 e. The fourth-order valence-corrected chi connectivity index (χ4v) is 1.79. The van der Waals surface area contributed by atoms with Crippen molar-refractivity contribution in [1.82, 2.24) is 9.97 Å². The van der Waals surface area contributed by atoms with Crippen LogP contribution in [0.2, 0.25) is 0 Å². The van der Waals surface area contributed by atoms with Gasteiger partial charge in [-0.05, 0) is 32.8 Å². The Morgan fingerprint density at radius 1 is 1.08 bits per heavy atom. The van der Waals surface area contributed by atoms with Crippen LogP contribution in [0.4, 0.5) is 0 Å². The highest BCUT2D eigenvalue weighted by Gasteiger charge is 2.03. The first kappa shape index (κ1) is 10.5. The van der Waals surface area contributed by atoms with Gasteiger partial charge in [0.2, 0.25) is 0 Å². The van der Waals surface area contributed by atoms with E-state index < -0.39 is 0 Å². The molecule has 0 saturated heterocycles. The predicted molar refractivity (Wildman–Crippen MR) is 57.3 cm³/mol. The van der Waals surface area contributed by atoms with Gasteiger partial charge < -0.3 is 0 Å². The van der Waals surface area contributed by atoms with Crippen LogP contribution in [0.25, 0.3) is 0 Å². The van der Waals surface area contributed by atoms with E-state index in [0.717, 1.165) is 22.3 Å². The Labute approximate surface area is 84.2 Å². The Hall–Kier alpha value is -0.570. The van der Waals surface area contributed by atoms with Crippen LogP contribution in [0.3, 0.4) is 0 Å². The Bertz CT molecular complexity index is 274. The average Bonchev–Trinajstić information content (AvgIpc) is 2.10. The van der Waals surface area contributed by atoms with Crippen LogP contribution < -0.4 is 0 Å². The third kappa shape index (κ3) is 2.69. The molecule has 3 heteroatoms. The zero-order valence-corrected chi connectivity index (χ0v) is 9.53. The summed E-state index contributed by atoms with van der Waals surface area (Å²) in [5.41, 5.74) is 3.41. The SMILES string of the molecule is CCCSc1nc(C)c(C)c(C)n1. The highest BCUT2D eigenvalue weighted by molar-refractivity contribution is 7.99. The van der Waals surface area contributed by atoms with Crippen LogP contribution in [0.5, 0.6) is 0 Å². The molecule has 0 saturated carbocycles. The molecule has 0 aliphatic heterocycles. The maximum absolute atomic E-state index is 4.42. The lowest BCUT2D eigenvalue weighted by atomic mass is 10.2. The molecule has 0 aliphatic rings. The molecule has 1 heterocycles. The van der Waals surface area contributed by atoms with Crippen LogP contribution in [0, 0.1) is 20.8 Å². The number of thioether (sulfide) groups is 1. The van der Waals surface area contributed by atoms with Crippen molar-refractivity contribution in [3.05, 3.63) is 17.0 Å². The summed E-state index contributed by atoms with van der Waals surface area (Å²) in [6, 6.07) is 0. The first-order chi connectivity index (χ1) is 6.15. The fraction of sp³-hybridized carbons (Fsp3) is 0.600. The third-order valence-corrected chi connectivity index (χ3v) is 3.10. The van der Waals surface area contributed by atoms with E-state index in [2.05, 4.69) is 23.8 Å². The molecule has 0 amide bonds. The molecule has 2 nitrogen and oxygen atoms in total. The summed E-state index contributed by atoms with van der Waals surface area (Å²) in [7, 11) is 0. The van der Waals surface area contributed by atoms with Crippen LogP contribution in [0.15, 0.2) is 5.16 Å². The predicted octanol–water partition coefficient (Wildman–Crippen LogP) is 2.90. The summed E-state index contributed by atoms with van der Waals surface area (Å²) >= 11 is 1.74. The van der Waals surface area contributed by atoms with E-state index in [1.165, 1.54) is 12.0 Å². The first-order valence-corrected chi connectivity index (χ1v) is 5.58. The summed E-state index contributed by atoms with van der Waals surface area (Å²) in [5.74, 6) is 1.10. The second-order valence-electron chi connectivity index (χ2n) is 3.15. The minimum Gasteiger partial charge on any atom is -0.228 e. The van der Waals surface area contributed by atoms with Crippen LogP contribution in [0.1, 0.15) is 30.3 Å². The number of rotatable bonds is 3. The minimum atomic E-state index is 0.919. The zero-order chi connectivity index (χ0) is 9.84. The Kier molecular flexibility index (Phi) is 3.72. The van der Waals surface area contributed by atoms with E-state index >= 15 is 0 Å². The summed E-state index contributed by atoms with van der Waals surface area (Å²) in [6.07, 6.45) is 1.17. The average molecular weight is 196 g/mol. The zero-order valence-electron chi connectivity index (χ0n) is 8.72. The Morgan fingerprint density at radius 2 is 1.62 bits per heavy atom. The standard InChI is InChI=1S/C10H16N2S/c1-5-6-13-10-11-8(3)7(2)9(4)12-10/h5-6H2,1-4H3. The maximum atomic E-state index is 4.42. The van der Waals surface area contributed by atoms with Gasteiger partial charge in [0.15, 0.2) is 5.16 Å². The van der Waals surface area contributed by atoms with Gasteiger partial charge in [0.05, 0.1) is 0 Å². The van der Waals surface area contributed by atoms with Crippen molar-refractivity contribution in [1.29, 1.82) is 0 Å². The number of hydrogen-bond acceptors (Lipinski definition) is 3. The monoisotopic (exact) mass is 196 g/mol. The lowest BCUT2D eigenvalue weighted by Crippen LogP contribution is -1.98. The van der Waals surface area contributed by atoms with Crippen molar-refractivity contribution in [3.8, 4) is 0 Å². The summed E-state index contributed by atoms with van der Waals surface area (Å²) in [4.78, 5) is 8.85. The van der Waals surface area contributed by atoms with Gasteiger partial charge in [-0.2, -0.15) is 0 Å². The molecule has 0 radical (unpaired) electrons. The van der Waals surface area contributed by atoms with E-state index in [1.54, 1.807) is 11.8 Å². The first-order valence-electron chi connectivity index (χ1n) is 4.59. The molecule has 72 valence electrons. The van der Waals surface area contributed by atoms with E-state index in [9.17, 15) is 0 Å². The molecule has 0 N–H and O–H groups in total. The molecule has 1 aromatic heterocycles. The van der Waals surface area contributed by atoms with Crippen molar-refractivity contribution in [2.45, 2.75) is 39.3 Å². The van der Waals surface area contributed by atoms with E-state index in [0.29, 0.717) is 0 Å². The Balaban J connectivity index is 2.86. The van der Waals surface area contributed by atoms with Crippen molar-refractivity contribution in [3.63, 3.8) is 0 Å². The third-order valence-electron chi connectivity index (χ3n) is 2.05. The molecule has 0 bridgehead atoms. The molecule has 0 aromatic carbocycles. The van der Waals surface area contributed by atoms with Gasteiger partial charge in [-0.25, -0.2) is 9.97 Å². The number of hydrogen-bond donors (Lipinski definition) is 0. The number of aryl methyl sites for hydroxylation is 2. The van der Waals surface area contributed by atoms with Gasteiger partial charge in [-0.15, -0.1) is 0 Å². The smallest absolute Gasteiger partial charge is 0.187 e. The van der Waals surface area contributed by atoms with Gasteiger partial charge >= 0.3 is 0 Å². The van der Waals surface area contributed by atoms with Gasteiger partial charge in [0.25, 0.3) is 0 Å². The Morgan fingerprint density at radius 3 is 2.08 bits per heavy atom. The van der Waals surface area contributed by atoms with Gasteiger partial charge in [-0.3, -0.25) is 0 Å². The van der Waals surface area contributed by atoms with Crippen molar-refractivity contribution in [2.24, 2.45) is 0 Å². The molecule has 0 aliphatic carbocycles. The number of nitrogens with zero attached hydrogens (tertiary/aromatic N) is 2. The molecule has 0 unspecified atom stereocenters. The second kappa shape index (κ2) is 4.61. The lowest BCUT2D eigenvalue weighted by Gasteiger charge is -2.05.